The van der Waals surface area contributed by atoms with Crippen molar-refractivity contribution in [3.63, 3.8) is 0 Å². The number of imidazole rings is 1. The van der Waals surface area contributed by atoms with Crippen molar-refractivity contribution in [3.8, 4) is 0 Å². The van der Waals surface area contributed by atoms with Crippen LogP contribution in [0.1, 0.15) is 18.1 Å². The zero-order valence-corrected chi connectivity index (χ0v) is 13.7. The molecule has 2 aromatic heterocycles. The third-order valence-corrected chi connectivity index (χ3v) is 4.73. The van der Waals surface area contributed by atoms with Crippen LogP contribution in [0.15, 0.2) is 43.0 Å². The third kappa shape index (κ3) is 2.36. The Labute approximate surface area is 148 Å². The number of aromatic nitrogens is 4. The van der Waals surface area contributed by atoms with E-state index < -0.39 is 24.7 Å². The smallest absolute Gasteiger partial charge is 0.184 e. The monoisotopic (exact) mass is 355 g/mol. The highest BCUT2D eigenvalue weighted by Crippen LogP contribution is 2.39. The SMILES string of the molecule is Nc1ncnc2c1ncn2[C@@H]1O[C@@H]2COC(c3ccccc3)O[C@@H]2[C@@H]1O. The van der Waals surface area contributed by atoms with Gasteiger partial charge in [-0.05, 0) is 0 Å². The number of aliphatic hydroxyl groups excluding tert-OH is 1. The van der Waals surface area contributed by atoms with Crippen LogP contribution < -0.4 is 5.73 Å². The quantitative estimate of drug-likeness (QED) is 0.692. The first kappa shape index (κ1) is 15.6. The normalized spacial score (nSPS) is 31.2. The molecule has 0 bridgehead atoms. The highest BCUT2D eigenvalue weighted by Gasteiger charge is 2.49. The maximum absolute atomic E-state index is 10.8. The molecule has 5 rings (SSSR count). The predicted molar refractivity (Wildman–Crippen MR) is 89.7 cm³/mol. The van der Waals surface area contributed by atoms with Gasteiger partial charge in [-0.15, -0.1) is 0 Å². The van der Waals surface area contributed by atoms with Crippen LogP contribution in [0.4, 0.5) is 5.82 Å². The number of nitrogens with zero attached hydrogens (tertiary/aromatic N) is 4. The maximum Gasteiger partial charge on any atom is 0.184 e. The number of nitrogen functional groups attached to an aromatic ring is 1. The van der Waals surface area contributed by atoms with Crippen LogP contribution in [0.25, 0.3) is 11.2 Å². The number of aliphatic hydroxyl groups is 1. The van der Waals surface area contributed by atoms with Crippen LogP contribution in [0.2, 0.25) is 0 Å². The molecule has 0 aliphatic carbocycles. The molecule has 3 aromatic rings. The van der Waals surface area contributed by atoms with Crippen LogP contribution in [-0.2, 0) is 14.2 Å². The molecule has 2 aliphatic heterocycles. The molecule has 0 saturated carbocycles. The van der Waals surface area contributed by atoms with Gasteiger partial charge in [-0.25, -0.2) is 15.0 Å². The topological polar surface area (TPSA) is 118 Å². The largest absolute Gasteiger partial charge is 0.386 e. The van der Waals surface area contributed by atoms with Crippen LogP contribution in [0.5, 0.6) is 0 Å². The fraction of sp³-hybridized carbons (Fsp3) is 0.353. The van der Waals surface area contributed by atoms with Gasteiger partial charge < -0.3 is 25.1 Å². The minimum atomic E-state index is -0.899. The van der Waals surface area contributed by atoms with Gasteiger partial charge in [0.2, 0.25) is 0 Å². The number of nitrogens with two attached hydrogens (primary N) is 1. The molecule has 2 aliphatic rings. The molecule has 0 amide bonds. The molecular formula is C17H17N5O4. The second kappa shape index (κ2) is 5.99. The van der Waals surface area contributed by atoms with E-state index in [1.165, 1.54) is 12.7 Å². The van der Waals surface area contributed by atoms with Gasteiger partial charge in [0, 0.05) is 5.56 Å². The molecule has 9 heteroatoms. The van der Waals surface area contributed by atoms with Crippen molar-refractivity contribution < 1.29 is 19.3 Å². The van der Waals surface area contributed by atoms with Crippen LogP contribution >= 0.6 is 0 Å². The molecule has 2 saturated heterocycles. The number of benzene rings is 1. The van der Waals surface area contributed by atoms with Crippen molar-refractivity contribution >= 4 is 17.0 Å². The summed E-state index contributed by atoms with van der Waals surface area (Å²) in [5.41, 5.74) is 7.70. The Bertz CT molecular complexity index is 933. The van der Waals surface area contributed by atoms with E-state index in [0.29, 0.717) is 17.8 Å². The fourth-order valence-corrected chi connectivity index (χ4v) is 3.46. The van der Waals surface area contributed by atoms with Crippen molar-refractivity contribution in [3.05, 3.63) is 48.5 Å². The van der Waals surface area contributed by atoms with Gasteiger partial charge in [0.05, 0.1) is 12.9 Å². The van der Waals surface area contributed by atoms with E-state index in [-0.39, 0.29) is 11.9 Å². The second-order valence-corrected chi connectivity index (χ2v) is 6.32. The van der Waals surface area contributed by atoms with Crippen molar-refractivity contribution in [2.75, 3.05) is 12.3 Å². The van der Waals surface area contributed by atoms with Crippen LogP contribution in [-0.4, -0.2) is 49.5 Å². The Morgan fingerprint density at radius 1 is 1.12 bits per heavy atom. The highest BCUT2D eigenvalue weighted by molar-refractivity contribution is 5.81. The van der Waals surface area contributed by atoms with Gasteiger partial charge in [0.25, 0.3) is 0 Å². The molecule has 5 atom stereocenters. The summed E-state index contributed by atoms with van der Waals surface area (Å²) in [5.74, 6) is 0.280. The number of anilines is 1. The van der Waals surface area contributed by atoms with E-state index >= 15 is 0 Å². The zero-order valence-electron chi connectivity index (χ0n) is 13.7. The summed E-state index contributed by atoms with van der Waals surface area (Å²) in [5, 5.41) is 10.8. The molecule has 4 heterocycles. The minimum absolute atomic E-state index is 0.280. The summed E-state index contributed by atoms with van der Waals surface area (Å²) in [7, 11) is 0. The second-order valence-electron chi connectivity index (χ2n) is 6.32. The van der Waals surface area contributed by atoms with Crippen molar-refractivity contribution in [1.82, 2.24) is 19.5 Å². The molecule has 134 valence electrons. The molecule has 26 heavy (non-hydrogen) atoms. The maximum atomic E-state index is 10.8. The lowest BCUT2D eigenvalue weighted by Crippen LogP contribution is -2.42. The van der Waals surface area contributed by atoms with Gasteiger partial charge in [0.15, 0.2) is 24.0 Å². The molecule has 1 aromatic carbocycles. The lowest BCUT2D eigenvalue weighted by molar-refractivity contribution is -0.252. The van der Waals surface area contributed by atoms with Crippen molar-refractivity contribution in [2.24, 2.45) is 0 Å². The summed E-state index contributed by atoms with van der Waals surface area (Å²) >= 11 is 0. The highest BCUT2D eigenvalue weighted by atomic mass is 16.7. The average Bonchev–Trinajstić information content (AvgIpc) is 3.24. The summed E-state index contributed by atoms with van der Waals surface area (Å²) in [6.07, 6.45) is -0.133. The summed E-state index contributed by atoms with van der Waals surface area (Å²) < 4.78 is 19.4. The van der Waals surface area contributed by atoms with E-state index in [1.54, 1.807) is 4.57 Å². The standard InChI is InChI=1S/C17H17N5O4/c18-14-11-15(20-7-19-14)22(8-21-11)16-12(23)13-10(25-16)6-24-17(26-13)9-4-2-1-3-5-9/h1-5,7-8,10,12-13,16-17,23H,6H2,(H2,18,19,20)/t10-,12+,13+,16-,17?/m1/s1. The Morgan fingerprint density at radius 3 is 2.81 bits per heavy atom. The molecule has 1 unspecified atom stereocenters. The Hall–Kier alpha value is -2.59. The van der Waals surface area contributed by atoms with E-state index in [9.17, 15) is 5.11 Å². The van der Waals surface area contributed by atoms with Gasteiger partial charge in [-0.2, -0.15) is 0 Å². The molecule has 0 spiro atoms. The molecular weight excluding hydrogens is 338 g/mol. The number of rotatable bonds is 2. The lowest BCUT2D eigenvalue weighted by atomic mass is 10.1. The van der Waals surface area contributed by atoms with Crippen molar-refractivity contribution in [2.45, 2.75) is 30.8 Å². The Morgan fingerprint density at radius 2 is 1.96 bits per heavy atom. The van der Waals surface area contributed by atoms with Crippen LogP contribution in [0.3, 0.4) is 0 Å². The minimum Gasteiger partial charge on any atom is -0.386 e. The molecule has 3 N–H and O–H groups in total. The number of ether oxygens (including phenoxy) is 3. The van der Waals surface area contributed by atoms with Gasteiger partial charge >= 0.3 is 0 Å². The number of fused-ring (bicyclic) bond motifs is 2. The first-order valence-electron chi connectivity index (χ1n) is 8.31. The predicted octanol–water partition coefficient (Wildman–Crippen LogP) is 0.781. The third-order valence-electron chi connectivity index (χ3n) is 4.73. The van der Waals surface area contributed by atoms with Gasteiger partial charge in [-0.3, -0.25) is 4.57 Å². The van der Waals surface area contributed by atoms with Gasteiger partial charge in [0.1, 0.15) is 30.2 Å². The van der Waals surface area contributed by atoms with Gasteiger partial charge in [-0.1, -0.05) is 30.3 Å². The summed E-state index contributed by atoms with van der Waals surface area (Å²) in [6, 6.07) is 9.61. The average molecular weight is 355 g/mol. The van der Waals surface area contributed by atoms with E-state index in [1.807, 2.05) is 30.3 Å². The first-order valence-corrected chi connectivity index (χ1v) is 8.31. The molecule has 0 radical (unpaired) electrons. The number of hydrogen-bond acceptors (Lipinski definition) is 8. The van der Waals surface area contributed by atoms with E-state index in [4.69, 9.17) is 19.9 Å². The summed E-state index contributed by atoms with van der Waals surface area (Å²) in [6.45, 7) is 0.321. The summed E-state index contributed by atoms with van der Waals surface area (Å²) in [4.78, 5) is 12.4. The Kier molecular flexibility index (Phi) is 3.61. The molecule has 9 nitrogen and oxygen atoms in total. The Balaban J connectivity index is 1.43. The lowest BCUT2D eigenvalue weighted by Gasteiger charge is -2.32. The van der Waals surface area contributed by atoms with E-state index in [2.05, 4.69) is 15.0 Å². The fourth-order valence-electron chi connectivity index (χ4n) is 3.46. The number of hydrogen-bond donors (Lipinski definition) is 2. The van der Waals surface area contributed by atoms with E-state index in [0.717, 1.165) is 5.56 Å². The zero-order chi connectivity index (χ0) is 17.7. The molecule has 2 fully saturated rings. The first-order chi connectivity index (χ1) is 12.7. The van der Waals surface area contributed by atoms with Crippen molar-refractivity contribution in [1.29, 1.82) is 0 Å². The van der Waals surface area contributed by atoms with Crippen LogP contribution in [0, 0.1) is 0 Å².